The van der Waals surface area contributed by atoms with Crippen molar-refractivity contribution in [1.82, 2.24) is 15.1 Å². The van der Waals surface area contributed by atoms with E-state index in [-0.39, 0.29) is 11.8 Å². The van der Waals surface area contributed by atoms with Gasteiger partial charge in [-0.1, -0.05) is 13.8 Å². The minimum Gasteiger partial charge on any atom is -0.355 e. The molecular weight excluding hydrogens is 256 g/mol. The summed E-state index contributed by atoms with van der Waals surface area (Å²) in [4.78, 5) is 27.7. The molecule has 2 amide bonds. The second-order valence-electron chi connectivity index (χ2n) is 5.69. The molecule has 1 unspecified atom stereocenters. The summed E-state index contributed by atoms with van der Waals surface area (Å²) >= 11 is 0. The monoisotopic (exact) mass is 284 g/mol. The van der Waals surface area contributed by atoms with Crippen molar-refractivity contribution in [2.24, 2.45) is 5.73 Å². The summed E-state index contributed by atoms with van der Waals surface area (Å²) in [5.74, 6) is 0.0685. The number of rotatable bonds is 6. The molecule has 1 fully saturated rings. The number of hydrogen-bond acceptors (Lipinski definition) is 4. The highest BCUT2D eigenvalue weighted by molar-refractivity contribution is 5.85. The lowest BCUT2D eigenvalue weighted by molar-refractivity contribution is -0.138. The van der Waals surface area contributed by atoms with Crippen LogP contribution in [0.4, 0.5) is 0 Å². The smallest absolute Gasteiger partial charge is 0.242 e. The average Bonchev–Trinajstić information content (AvgIpc) is 2.45. The number of hydrogen-bond donors (Lipinski definition) is 2. The molecule has 1 atom stereocenters. The van der Waals surface area contributed by atoms with Gasteiger partial charge in [0.15, 0.2) is 0 Å². The first-order chi connectivity index (χ1) is 9.40. The van der Waals surface area contributed by atoms with E-state index in [0.717, 1.165) is 26.1 Å². The van der Waals surface area contributed by atoms with Crippen LogP contribution in [0.15, 0.2) is 0 Å². The van der Waals surface area contributed by atoms with Gasteiger partial charge in [0.2, 0.25) is 11.8 Å². The first-order valence-electron chi connectivity index (χ1n) is 7.48. The third kappa shape index (κ3) is 4.76. The molecule has 3 N–H and O–H groups in total. The Balaban J connectivity index is 2.36. The highest BCUT2D eigenvalue weighted by Crippen LogP contribution is 2.12. The van der Waals surface area contributed by atoms with E-state index in [0.29, 0.717) is 26.1 Å². The predicted octanol–water partition coefficient (Wildman–Crippen LogP) is -0.216. The Morgan fingerprint density at radius 1 is 1.20 bits per heavy atom. The molecule has 0 aromatic carbocycles. The van der Waals surface area contributed by atoms with Crippen LogP contribution < -0.4 is 11.1 Å². The van der Waals surface area contributed by atoms with Crippen molar-refractivity contribution in [2.75, 3.05) is 39.3 Å². The molecule has 0 aromatic heterocycles. The van der Waals surface area contributed by atoms with Crippen molar-refractivity contribution >= 4 is 11.8 Å². The van der Waals surface area contributed by atoms with Crippen molar-refractivity contribution in [2.45, 2.75) is 39.2 Å². The highest BCUT2D eigenvalue weighted by atomic mass is 16.2. The molecule has 0 saturated carbocycles. The minimum atomic E-state index is -0.777. The van der Waals surface area contributed by atoms with E-state index >= 15 is 0 Å². The molecule has 0 aromatic rings. The second kappa shape index (κ2) is 7.59. The summed E-state index contributed by atoms with van der Waals surface area (Å²) < 4.78 is 0. The Bertz CT molecular complexity index is 336. The maximum atomic E-state index is 12.2. The summed E-state index contributed by atoms with van der Waals surface area (Å²) in [6.45, 7) is 9.61. The van der Waals surface area contributed by atoms with Gasteiger partial charge in [-0.25, -0.2) is 0 Å². The van der Waals surface area contributed by atoms with E-state index in [4.69, 9.17) is 5.73 Å². The summed E-state index contributed by atoms with van der Waals surface area (Å²) in [7, 11) is 0. The zero-order valence-corrected chi connectivity index (χ0v) is 12.9. The van der Waals surface area contributed by atoms with E-state index in [9.17, 15) is 9.59 Å². The van der Waals surface area contributed by atoms with Crippen LogP contribution in [-0.4, -0.2) is 66.4 Å². The Morgan fingerprint density at radius 3 is 2.30 bits per heavy atom. The van der Waals surface area contributed by atoms with E-state index in [1.165, 1.54) is 0 Å². The first kappa shape index (κ1) is 16.9. The molecule has 20 heavy (non-hydrogen) atoms. The Morgan fingerprint density at radius 2 is 1.80 bits per heavy atom. The van der Waals surface area contributed by atoms with Gasteiger partial charge in [0.25, 0.3) is 0 Å². The molecule has 1 rings (SSSR count). The van der Waals surface area contributed by atoms with Gasteiger partial charge in [0, 0.05) is 32.7 Å². The molecule has 6 heteroatoms. The molecule has 1 heterocycles. The number of carbonyl (C=O) groups excluding carboxylic acids is 2. The van der Waals surface area contributed by atoms with Crippen LogP contribution in [0.2, 0.25) is 0 Å². The van der Waals surface area contributed by atoms with Gasteiger partial charge in [-0.05, 0) is 19.8 Å². The Kier molecular flexibility index (Phi) is 6.42. The molecule has 0 spiro atoms. The van der Waals surface area contributed by atoms with Gasteiger partial charge in [0.1, 0.15) is 0 Å². The number of nitrogens with one attached hydrogen (secondary N) is 1. The quantitative estimate of drug-likeness (QED) is 0.707. The van der Waals surface area contributed by atoms with Gasteiger partial charge in [-0.15, -0.1) is 0 Å². The van der Waals surface area contributed by atoms with Crippen LogP contribution >= 0.6 is 0 Å². The highest BCUT2D eigenvalue weighted by Gasteiger charge is 2.32. The minimum absolute atomic E-state index is 0.00934. The number of amides is 2. The van der Waals surface area contributed by atoms with Crippen LogP contribution in [0.25, 0.3) is 0 Å². The van der Waals surface area contributed by atoms with Crippen molar-refractivity contribution in [3.8, 4) is 0 Å². The fraction of sp³-hybridized carbons (Fsp3) is 0.857. The maximum Gasteiger partial charge on any atom is 0.242 e. The SMILES string of the molecule is CCCNC(=O)CN1CCN(C(=O)C(C)(N)CC)CC1. The molecule has 1 aliphatic heterocycles. The standard InChI is InChI=1S/C14H28N4O2/c1-4-6-16-12(19)11-17-7-9-18(10-8-17)13(20)14(3,15)5-2/h4-11,15H2,1-3H3,(H,16,19). The van der Waals surface area contributed by atoms with E-state index in [2.05, 4.69) is 10.2 Å². The van der Waals surface area contributed by atoms with Crippen LogP contribution in [0.3, 0.4) is 0 Å². The largest absolute Gasteiger partial charge is 0.355 e. The molecule has 0 radical (unpaired) electrons. The molecule has 0 aliphatic carbocycles. The number of piperazine rings is 1. The topological polar surface area (TPSA) is 78.7 Å². The zero-order valence-electron chi connectivity index (χ0n) is 12.9. The van der Waals surface area contributed by atoms with Crippen molar-refractivity contribution in [3.63, 3.8) is 0 Å². The summed E-state index contributed by atoms with van der Waals surface area (Å²) in [6.07, 6.45) is 1.57. The van der Waals surface area contributed by atoms with Crippen molar-refractivity contribution < 1.29 is 9.59 Å². The second-order valence-corrected chi connectivity index (χ2v) is 5.69. The molecule has 0 bridgehead atoms. The van der Waals surface area contributed by atoms with Gasteiger partial charge in [-0.2, -0.15) is 0 Å². The summed E-state index contributed by atoms with van der Waals surface area (Å²) in [5, 5.41) is 2.87. The predicted molar refractivity (Wildman–Crippen MR) is 79.2 cm³/mol. The molecule has 116 valence electrons. The number of nitrogens with two attached hydrogens (primary N) is 1. The molecular formula is C14H28N4O2. The van der Waals surface area contributed by atoms with Crippen molar-refractivity contribution in [3.05, 3.63) is 0 Å². The number of nitrogens with zero attached hydrogens (tertiary/aromatic N) is 2. The third-order valence-electron chi connectivity index (χ3n) is 3.82. The van der Waals surface area contributed by atoms with Gasteiger partial charge < -0.3 is 16.0 Å². The molecule has 6 nitrogen and oxygen atoms in total. The maximum absolute atomic E-state index is 12.2. The van der Waals surface area contributed by atoms with Crippen LogP contribution in [0.1, 0.15) is 33.6 Å². The lowest BCUT2D eigenvalue weighted by atomic mass is 9.98. The fourth-order valence-corrected chi connectivity index (χ4v) is 2.14. The lowest BCUT2D eigenvalue weighted by Crippen LogP contribution is -2.58. The van der Waals surface area contributed by atoms with Crippen LogP contribution in [0, 0.1) is 0 Å². The zero-order chi connectivity index (χ0) is 15.2. The third-order valence-corrected chi connectivity index (χ3v) is 3.82. The van der Waals surface area contributed by atoms with Gasteiger partial charge in [-0.3, -0.25) is 14.5 Å². The van der Waals surface area contributed by atoms with Crippen LogP contribution in [-0.2, 0) is 9.59 Å². The summed E-state index contributed by atoms with van der Waals surface area (Å²) in [6, 6.07) is 0. The van der Waals surface area contributed by atoms with Gasteiger partial charge in [0.05, 0.1) is 12.1 Å². The first-order valence-corrected chi connectivity index (χ1v) is 7.48. The van der Waals surface area contributed by atoms with E-state index in [1.807, 2.05) is 18.7 Å². The Hall–Kier alpha value is -1.14. The van der Waals surface area contributed by atoms with Crippen molar-refractivity contribution in [1.29, 1.82) is 0 Å². The normalized spacial score (nSPS) is 19.5. The molecule has 1 saturated heterocycles. The Labute approximate surface area is 121 Å². The van der Waals surface area contributed by atoms with Gasteiger partial charge >= 0.3 is 0 Å². The number of carbonyl (C=O) groups is 2. The summed E-state index contributed by atoms with van der Waals surface area (Å²) in [5.41, 5.74) is 5.21. The fourth-order valence-electron chi connectivity index (χ4n) is 2.14. The average molecular weight is 284 g/mol. The van der Waals surface area contributed by atoms with E-state index < -0.39 is 5.54 Å². The lowest BCUT2D eigenvalue weighted by Gasteiger charge is -2.38. The van der Waals surface area contributed by atoms with Crippen LogP contribution in [0.5, 0.6) is 0 Å². The molecule has 1 aliphatic rings. The van der Waals surface area contributed by atoms with E-state index in [1.54, 1.807) is 6.92 Å².